The summed E-state index contributed by atoms with van der Waals surface area (Å²) >= 11 is 2.04. The number of hydrogen-bond acceptors (Lipinski definition) is 1. The van der Waals surface area contributed by atoms with Gasteiger partial charge < -0.3 is 5.32 Å². The minimum atomic E-state index is -3.38. The molecular weight excluding hydrogens is 235 g/mol. The SMILES string of the molecule is FC(C1CCCNC1)C(F)(F)Br. The molecule has 0 bridgehead atoms. The van der Waals surface area contributed by atoms with Crippen molar-refractivity contribution in [3.05, 3.63) is 0 Å². The van der Waals surface area contributed by atoms with E-state index in [1.54, 1.807) is 0 Å². The zero-order valence-electron chi connectivity index (χ0n) is 6.49. The smallest absolute Gasteiger partial charge is 0.316 e. The van der Waals surface area contributed by atoms with E-state index >= 15 is 0 Å². The van der Waals surface area contributed by atoms with Crippen molar-refractivity contribution in [3.63, 3.8) is 0 Å². The van der Waals surface area contributed by atoms with E-state index in [-0.39, 0.29) is 0 Å². The Labute approximate surface area is 77.8 Å². The van der Waals surface area contributed by atoms with Crippen molar-refractivity contribution in [2.75, 3.05) is 13.1 Å². The summed E-state index contributed by atoms with van der Waals surface area (Å²) in [5, 5.41) is 2.89. The van der Waals surface area contributed by atoms with Gasteiger partial charge >= 0.3 is 4.83 Å². The van der Waals surface area contributed by atoms with Gasteiger partial charge in [0.15, 0.2) is 6.17 Å². The third-order valence-electron chi connectivity index (χ3n) is 2.06. The molecular formula is C7H11BrF3N. The minimum absolute atomic E-state index is 0.350. The Hall–Kier alpha value is 0.230. The van der Waals surface area contributed by atoms with Gasteiger partial charge in [-0.2, -0.15) is 8.78 Å². The summed E-state index contributed by atoms with van der Waals surface area (Å²) in [6.45, 7) is 1.15. The zero-order valence-corrected chi connectivity index (χ0v) is 8.08. The van der Waals surface area contributed by atoms with E-state index < -0.39 is 16.9 Å². The van der Waals surface area contributed by atoms with Crippen molar-refractivity contribution in [1.29, 1.82) is 0 Å². The first-order valence-corrected chi connectivity index (χ1v) is 4.72. The van der Waals surface area contributed by atoms with Gasteiger partial charge in [-0.25, -0.2) is 4.39 Å². The van der Waals surface area contributed by atoms with Crippen LogP contribution in [0, 0.1) is 5.92 Å². The summed E-state index contributed by atoms with van der Waals surface area (Å²) in [5.74, 6) is -0.562. The molecule has 2 atom stereocenters. The number of rotatable bonds is 2. The monoisotopic (exact) mass is 245 g/mol. The van der Waals surface area contributed by atoms with Crippen molar-refractivity contribution in [1.82, 2.24) is 5.32 Å². The second kappa shape index (κ2) is 3.96. The average Bonchev–Trinajstić information content (AvgIpc) is 2.03. The third-order valence-corrected chi connectivity index (χ3v) is 2.50. The maximum absolute atomic E-state index is 13.0. The number of hydrogen-bond donors (Lipinski definition) is 1. The maximum atomic E-state index is 13.0. The summed E-state index contributed by atoms with van der Waals surface area (Å²) in [6.07, 6.45) is -0.769. The van der Waals surface area contributed by atoms with E-state index in [1.807, 2.05) is 15.9 Å². The van der Waals surface area contributed by atoms with Crippen LogP contribution in [0.1, 0.15) is 12.8 Å². The fraction of sp³-hybridized carbons (Fsp3) is 1.00. The van der Waals surface area contributed by atoms with Gasteiger partial charge in [0.25, 0.3) is 0 Å². The van der Waals surface area contributed by atoms with Crippen LogP contribution in [0.2, 0.25) is 0 Å². The number of piperidine rings is 1. The van der Waals surface area contributed by atoms with E-state index in [0.717, 1.165) is 13.0 Å². The molecule has 1 nitrogen and oxygen atoms in total. The van der Waals surface area contributed by atoms with Crippen LogP contribution in [0.5, 0.6) is 0 Å². The van der Waals surface area contributed by atoms with Crippen LogP contribution in [0.3, 0.4) is 0 Å². The molecule has 1 heterocycles. The molecule has 0 radical (unpaired) electrons. The first kappa shape index (κ1) is 10.3. The molecule has 0 aromatic carbocycles. The highest BCUT2D eigenvalue weighted by atomic mass is 79.9. The predicted molar refractivity (Wildman–Crippen MR) is 44.4 cm³/mol. The summed E-state index contributed by atoms with van der Waals surface area (Å²) < 4.78 is 37.8. The summed E-state index contributed by atoms with van der Waals surface area (Å²) in [5.41, 5.74) is 0. The molecule has 0 amide bonds. The van der Waals surface area contributed by atoms with E-state index in [4.69, 9.17) is 0 Å². The normalized spacial score (nSPS) is 28.5. The quantitative estimate of drug-likeness (QED) is 0.737. The van der Waals surface area contributed by atoms with Crippen molar-refractivity contribution in [2.24, 2.45) is 5.92 Å². The topological polar surface area (TPSA) is 12.0 Å². The lowest BCUT2D eigenvalue weighted by atomic mass is 9.95. The van der Waals surface area contributed by atoms with Gasteiger partial charge in [0.2, 0.25) is 0 Å². The first-order valence-electron chi connectivity index (χ1n) is 3.93. The molecule has 0 aromatic rings. The fourth-order valence-corrected chi connectivity index (χ4v) is 1.77. The Balaban J connectivity index is 2.45. The van der Waals surface area contributed by atoms with Gasteiger partial charge in [-0.1, -0.05) is 0 Å². The van der Waals surface area contributed by atoms with Crippen LogP contribution >= 0.6 is 15.9 Å². The standard InChI is InChI=1S/C7H11BrF3N/c8-7(10,11)6(9)5-2-1-3-12-4-5/h5-6,12H,1-4H2. The van der Waals surface area contributed by atoms with Crippen LogP contribution in [0.4, 0.5) is 13.2 Å². The van der Waals surface area contributed by atoms with Crippen molar-refractivity contribution in [3.8, 4) is 0 Å². The molecule has 0 aliphatic carbocycles. The van der Waals surface area contributed by atoms with E-state index in [2.05, 4.69) is 5.32 Å². The van der Waals surface area contributed by atoms with Crippen LogP contribution in [0.15, 0.2) is 0 Å². The molecule has 5 heteroatoms. The molecule has 1 saturated heterocycles. The lowest BCUT2D eigenvalue weighted by Crippen LogP contribution is -2.40. The highest BCUT2D eigenvalue weighted by Crippen LogP contribution is 2.35. The van der Waals surface area contributed by atoms with Gasteiger partial charge in [0.1, 0.15) is 0 Å². The van der Waals surface area contributed by atoms with E-state index in [1.165, 1.54) is 0 Å². The predicted octanol–water partition coefficient (Wildman–Crippen LogP) is 2.31. The van der Waals surface area contributed by atoms with Gasteiger partial charge in [-0.05, 0) is 35.3 Å². The molecule has 2 unspecified atom stereocenters. The number of halogens is 4. The number of nitrogens with one attached hydrogen (secondary N) is 1. The van der Waals surface area contributed by atoms with Crippen molar-refractivity contribution >= 4 is 15.9 Å². The maximum Gasteiger partial charge on any atom is 0.332 e. The Morgan fingerprint density at radius 2 is 2.17 bits per heavy atom. The summed E-state index contributed by atoms with van der Waals surface area (Å²) in [6, 6.07) is 0. The van der Waals surface area contributed by atoms with Crippen molar-refractivity contribution in [2.45, 2.75) is 23.8 Å². The largest absolute Gasteiger partial charge is 0.332 e. The Bertz CT molecular complexity index is 142. The van der Waals surface area contributed by atoms with Gasteiger partial charge in [-0.15, -0.1) is 0 Å². The molecule has 0 spiro atoms. The van der Waals surface area contributed by atoms with Crippen LogP contribution in [-0.4, -0.2) is 24.1 Å². The van der Waals surface area contributed by atoms with Crippen LogP contribution < -0.4 is 5.32 Å². The molecule has 1 rings (SSSR count). The molecule has 0 aromatic heterocycles. The van der Waals surface area contributed by atoms with Gasteiger partial charge in [-0.3, -0.25) is 0 Å². The zero-order chi connectivity index (χ0) is 9.19. The Morgan fingerprint density at radius 3 is 2.58 bits per heavy atom. The first-order chi connectivity index (χ1) is 5.52. The second-order valence-corrected chi connectivity index (χ2v) is 4.11. The molecule has 1 aliphatic heterocycles. The van der Waals surface area contributed by atoms with Gasteiger partial charge in [0.05, 0.1) is 0 Å². The molecule has 1 N–H and O–H groups in total. The highest BCUT2D eigenvalue weighted by molar-refractivity contribution is 9.10. The summed E-state index contributed by atoms with van der Waals surface area (Å²) in [4.78, 5) is -3.38. The van der Waals surface area contributed by atoms with Crippen LogP contribution in [0.25, 0.3) is 0 Å². The second-order valence-electron chi connectivity index (χ2n) is 3.05. The van der Waals surface area contributed by atoms with E-state index in [0.29, 0.717) is 13.0 Å². The Kier molecular flexibility index (Phi) is 3.40. The highest BCUT2D eigenvalue weighted by Gasteiger charge is 2.42. The molecule has 72 valence electrons. The van der Waals surface area contributed by atoms with E-state index in [9.17, 15) is 13.2 Å². The summed E-state index contributed by atoms with van der Waals surface area (Å²) in [7, 11) is 0. The molecule has 12 heavy (non-hydrogen) atoms. The average molecular weight is 246 g/mol. The van der Waals surface area contributed by atoms with Gasteiger partial charge in [0, 0.05) is 12.5 Å². The van der Waals surface area contributed by atoms with Crippen molar-refractivity contribution < 1.29 is 13.2 Å². The lowest BCUT2D eigenvalue weighted by Gasteiger charge is -2.27. The third kappa shape index (κ3) is 2.62. The Morgan fingerprint density at radius 1 is 1.50 bits per heavy atom. The molecule has 0 saturated carbocycles. The molecule has 1 fully saturated rings. The fourth-order valence-electron chi connectivity index (χ4n) is 1.40. The lowest BCUT2D eigenvalue weighted by molar-refractivity contribution is -0.0142. The minimum Gasteiger partial charge on any atom is -0.316 e. The molecule has 1 aliphatic rings. The number of alkyl halides is 4. The van der Waals surface area contributed by atoms with Crippen LogP contribution in [-0.2, 0) is 0 Å².